The van der Waals surface area contributed by atoms with Gasteiger partial charge < -0.3 is 20.4 Å². The van der Waals surface area contributed by atoms with Crippen LogP contribution in [0.25, 0.3) is 0 Å². The summed E-state index contributed by atoms with van der Waals surface area (Å²) >= 11 is 0. The number of para-hydroxylation sites is 1. The van der Waals surface area contributed by atoms with E-state index in [1.807, 2.05) is 48.6 Å². The number of fused-ring (bicyclic) bond motifs is 1. The van der Waals surface area contributed by atoms with Gasteiger partial charge in [-0.1, -0.05) is 48.6 Å². The SMILES string of the molecule is Nc1cccc(C(=O)N2CC(=O)N(Cc3ccc(C(=O)N4CC=CC4)cc3)c3ccccc3C2)c1. The first kappa shape index (κ1) is 22.4. The third-order valence-electron chi connectivity index (χ3n) is 6.34. The number of nitrogens with two attached hydrogens (primary N) is 1. The molecule has 5 rings (SSSR count). The number of anilines is 2. The number of benzene rings is 3. The highest BCUT2D eigenvalue weighted by molar-refractivity contribution is 6.02. The summed E-state index contributed by atoms with van der Waals surface area (Å²) in [6.45, 7) is 1.88. The molecule has 7 heteroatoms. The van der Waals surface area contributed by atoms with Gasteiger partial charge in [-0.3, -0.25) is 14.4 Å². The van der Waals surface area contributed by atoms with Gasteiger partial charge in [0.25, 0.3) is 11.8 Å². The van der Waals surface area contributed by atoms with E-state index in [0.717, 1.165) is 16.8 Å². The maximum Gasteiger partial charge on any atom is 0.254 e. The zero-order chi connectivity index (χ0) is 24.4. The lowest BCUT2D eigenvalue weighted by Crippen LogP contribution is -2.39. The number of hydrogen-bond acceptors (Lipinski definition) is 4. The minimum Gasteiger partial charge on any atom is -0.399 e. The molecule has 0 spiro atoms. The van der Waals surface area contributed by atoms with Gasteiger partial charge in [-0.15, -0.1) is 0 Å². The Morgan fingerprint density at radius 2 is 1.49 bits per heavy atom. The Balaban J connectivity index is 1.37. The van der Waals surface area contributed by atoms with E-state index in [-0.39, 0.29) is 24.3 Å². The Morgan fingerprint density at radius 1 is 0.771 bits per heavy atom. The standard InChI is InChI=1S/C28H26N4O3/c29-24-8-5-7-22(16-24)28(35)31-18-23-6-1-2-9-25(23)32(26(33)19-31)17-20-10-12-21(13-11-20)27(34)30-14-3-4-15-30/h1-13,16H,14-15,17-19,29H2. The quantitative estimate of drug-likeness (QED) is 0.471. The molecule has 0 aromatic heterocycles. The van der Waals surface area contributed by atoms with Crippen molar-refractivity contribution in [3.63, 3.8) is 0 Å². The molecule has 2 aliphatic rings. The van der Waals surface area contributed by atoms with Gasteiger partial charge in [0, 0.05) is 42.1 Å². The van der Waals surface area contributed by atoms with Crippen molar-refractivity contribution in [3.8, 4) is 0 Å². The van der Waals surface area contributed by atoms with E-state index in [0.29, 0.717) is 43.0 Å². The van der Waals surface area contributed by atoms with E-state index in [1.165, 1.54) is 0 Å². The Bertz CT molecular complexity index is 1310. The van der Waals surface area contributed by atoms with Crippen LogP contribution < -0.4 is 10.6 Å². The molecule has 2 N–H and O–H groups in total. The molecule has 2 aliphatic heterocycles. The topological polar surface area (TPSA) is 87.0 Å². The molecule has 0 bridgehead atoms. The van der Waals surface area contributed by atoms with Crippen LogP contribution in [0.2, 0.25) is 0 Å². The van der Waals surface area contributed by atoms with Crippen molar-refractivity contribution >= 4 is 29.1 Å². The molecule has 176 valence electrons. The zero-order valence-electron chi connectivity index (χ0n) is 19.3. The third-order valence-corrected chi connectivity index (χ3v) is 6.34. The molecule has 2 heterocycles. The van der Waals surface area contributed by atoms with Crippen LogP contribution in [0.15, 0.2) is 84.9 Å². The molecule has 0 unspecified atom stereocenters. The summed E-state index contributed by atoms with van der Waals surface area (Å²) < 4.78 is 0. The average molecular weight is 467 g/mol. The first-order valence-corrected chi connectivity index (χ1v) is 11.6. The number of nitrogen functional groups attached to an aromatic ring is 1. The average Bonchev–Trinajstić information content (AvgIpc) is 3.37. The largest absolute Gasteiger partial charge is 0.399 e. The van der Waals surface area contributed by atoms with E-state index in [2.05, 4.69) is 0 Å². The number of carbonyl (C=O) groups excluding carboxylic acids is 3. The number of amides is 3. The molecule has 0 fully saturated rings. The zero-order valence-corrected chi connectivity index (χ0v) is 19.3. The van der Waals surface area contributed by atoms with Crippen LogP contribution in [0.4, 0.5) is 11.4 Å². The minimum atomic E-state index is -0.235. The van der Waals surface area contributed by atoms with Crippen LogP contribution >= 0.6 is 0 Å². The Morgan fingerprint density at radius 3 is 2.23 bits per heavy atom. The van der Waals surface area contributed by atoms with Crippen molar-refractivity contribution in [3.05, 3.63) is 107 Å². The van der Waals surface area contributed by atoms with E-state index < -0.39 is 0 Å². The van der Waals surface area contributed by atoms with E-state index >= 15 is 0 Å². The Kier molecular flexibility index (Phi) is 6.06. The fraction of sp³-hybridized carbons (Fsp3) is 0.179. The maximum atomic E-state index is 13.4. The second-order valence-corrected chi connectivity index (χ2v) is 8.77. The lowest BCUT2D eigenvalue weighted by atomic mass is 10.1. The van der Waals surface area contributed by atoms with Crippen LogP contribution in [0, 0.1) is 0 Å². The second kappa shape index (κ2) is 9.46. The Hall–Kier alpha value is -4.39. The van der Waals surface area contributed by atoms with E-state index in [9.17, 15) is 14.4 Å². The molecule has 0 aliphatic carbocycles. The Labute approximate surface area is 204 Å². The summed E-state index contributed by atoms with van der Waals surface area (Å²) in [5, 5.41) is 0. The summed E-state index contributed by atoms with van der Waals surface area (Å²) in [6, 6.07) is 21.8. The van der Waals surface area contributed by atoms with Crippen molar-refractivity contribution in [1.29, 1.82) is 0 Å². The number of rotatable bonds is 4. The lowest BCUT2D eigenvalue weighted by Gasteiger charge is -2.23. The fourth-order valence-corrected chi connectivity index (χ4v) is 4.49. The van der Waals surface area contributed by atoms with Crippen LogP contribution in [-0.2, 0) is 17.9 Å². The third kappa shape index (κ3) is 4.66. The fourth-order valence-electron chi connectivity index (χ4n) is 4.49. The summed E-state index contributed by atoms with van der Waals surface area (Å²) in [4.78, 5) is 44.2. The van der Waals surface area contributed by atoms with Gasteiger partial charge in [0.2, 0.25) is 5.91 Å². The molecule has 3 aromatic rings. The second-order valence-electron chi connectivity index (χ2n) is 8.77. The highest BCUT2D eigenvalue weighted by Crippen LogP contribution is 2.28. The van der Waals surface area contributed by atoms with Crippen LogP contribution in [-0.4, -0.2) is 47.2 Å². The molecule has 0 radical (unpaired) electrons. The van der Waals surface area contributed by atoms with Crippen molar-refractivity contribution in [2.24, 2.45) is 0 Å². The highest BCUT2D eigenvalue weighted by atomic mass is 16.2. The van der Waals surface area contributed by atoms with Gasteiger partial charge >= 0.3 is 0 Å². The van der Waals surface area contributed by atoms with E-state index in [1.54, 1.807) is 51.1 Å². The predicted octanol–water partition coefficient (Wildman–Crippen LogP) is 3.47. The molecule has 3 amide bonds. The number of carbonyl (C=O) groups is 3. The monoisotopic (exact) mass is 466 g/mol. The molecule has 35 heavy (non-hydrogen) atoms. The normalized spacial score (nSPS) is 15.2. The van der Waals surface area contributed by atoms with Gasteiger partial charge in [0.15, 0.2) is 0 Å². The van der Waals surface area contributed by atoms with Crippen molar-refractivity contribution in [1.82, 2.24) is 9.80 Å². The summed E-state index contributed by atoms with van der Waals surface area (Å²) in [7, 11) is 0. The van der Waals surface area contributed by atoms with E-state index in [4.69, 9.17) is 5.73 Å². The highest BCUT2D eigenvalue weighted by Gasteiger charge is 2.29. The van der Waals surface area contributed by atoms with Gasteiger partial charge in [0.05, 0.1) is 6.54 Å². The van der Waals surface area contributed by atoms with Gasteiger partial charge in [-0.25, -0.2) is 0 Å². The lowest BCUT2D eigenvalue weighted by molar-refractivity contribution is -0.119. The molecular formula is C28H26N4O3. The smallest absolute Gasteiger partial charge is 0.254 e. The molecular weight excluding hydrogens is 440 g/mol. The van der Waals surface area contributed by atoms with Gasteiger partial charge in [0.1, 0.15) is 6.54 Å². The minimum absolute atomic E-state index is 0.00607. The first-order valence-electron chi connectivity index (χ1n) is 11.6. The van der Waals surface area contributed by atoms with Crippen molar-refractivity contribution in [2.75, 3.05) is 30.3 Å². The van der Waals surface area contributed by atoms with Crippen LogP contribution in [0.5, 0.6) is 0 Å². The number of nitrogens with zero attached hydrogens (tertiary/aromatic N) is 3. The van der Waals surface area contributed by atoms with Crippen molar-refractivity contribution in [2.45, 2.75) is 13.1 Å². The van der Waals surface area contributed by atoms with Gasteiger partial charge in [-0.2, -0.15) is 0 Å². The summed E-state index contributed by atoms with van der Waals surface area (Å²) in [5.74, 6) is -0.412. The first-order chi connectivity index (χ1) is 17.0. The maximum absolute atomic E-state index is 13.4. The molecule has 3 aromatic carbocycles. The van der Waals surface area contributed by atoms with Crippen LogP contribution in [0.1, 0.15) is 31.8 Å². The number of hydrogen-bond donors (Lipinski definition) is 1. The summed E-state index contributed by atoms with van der Waals surface area (Å²) in [5.41, 5.74) is 10.0. The predicted molar refractivity (Wildman–Crippen MR) is 135 cm³/mol. The van der Waals surface area contributed by atoms with Crippen molar-refractivity contribution < 1.29 is 14.4 Å². The summed E-state index contributed by atoms with van der Waals surface area (Å²) in [6.07, 6.45) is 3.96. The molecule has 0 saturated carbocycles. The molecule has 7 nitrogen and oxygen atoms in total. The molecule has 0 atom stereocenters. The molecule has 0 saturated heterocycles. The van der Waals surface area contributed by atoms with Crippen LogP contribution in [0.3, 0.4) is 0 Å². The van der Waals surface area contributed by atoms with Gasteiger partial charge in [-0.05, 0) is 47.5 Å².